The maximum absolute atomic E-state index is 5.30. The summed E-state index contributed by atoms with van der Waals surface area (Å²) in [4.78, 5) is 0. The van der Waals surface area contributed by atoms with Gasteiger partial charge < -0.3 is 11.5 Å². The SMILES string of the molecule is CC1C=C(/C=N/N=C(N)N)C(c2ccccc2)CC1C. The third-order valence-electron chi connectivity index (χ3n) is 3.94. The molecule has 0 heterocycles. The first kappa shape index (κ1) is 14.3. The lowest BCUT2D eigenvalue weighted by Crippen LogP contribution is -2.22. The van der Waals surface area contributed by atoms with Crippen LogP contribution in [0.4, 0.5) is 0 Å². The first-order valence-corrected chi connectivity index (χ1v) is 6.96. The van der Waals surface area contributed by atoms with E-state index in [1.807, 2.05) is 6.07 Å². The highest BCUT2D eigenvalue weighted by molar-refractivity contribution is 5.82. The van der Waals surface area contributed by atoms with Gasteiger partial charge >= 0.3 is 0 Å². The van der Waals surface area contributed by atoms with Crippen LogP contribution in [0.3, 0.4) is 0 Å². The first-order chi connectivity index (χ1) is 9.58. The molecule has 0 bridgehead atoms. The van der Waals surface area contributed by atoms with E-state index in [-0.39, 0.29) is 5.96 Å². The molecule has 106 valence electrons. The smallest absolute Gasteiger partial charge is 0.211 e. The summed E-state index contributed by atoms with van der Waals surface area (Å²) in [5, 5.41) is 7.67. The molecule has 1 aromatic rings. The van der Waals surface area contributed by atoms with E-state index in [0.29, 0.717) is 17.8 Å². The second-order valence-corrected chi connectivity index (χ2v) is 5.47. The van der Waals surface area contributed by atoms with Crippen molar-refractivity contribution in [1.82, 2.24) is 0 Å². The van der Waals surface area contributed by atoms with Crippen LogP contribution >= 0.6 is 0 Å². The Morgan fingerprint density at radius 3 is 2.55 bits per heavy atom. The number of allylic oxidation sites excluding steroid dienone is 2. The summed E-state index contributed by atoms with van der Waals surface area (Å²) in [6.07, 6.45) is 5.17. The minimum atomic E-state index is -0.0182. The van der Waals surface area contributed by atoms with Crippen molar-refractivity contribution < 1.29 is 0 Å². The molecule has 0 aliphatic heterocycles. The molecule has 4 nitrogen and oxygen atoms in total. The molecule has 4 N–H and O–H groups in total. The fourth-order valence-electron chi connectivity index (χ4n) is 2.62. The number of nitrogens with zero attached hydrogens (tertiary/aromatic N) is 2. The third-order valence-corrected chi connectivity index (χ3v) is 3.94. The van der Waals surface area contributed by atoms with Gasteiger partial charge in [0.1, 0.15) is 0 Å². The van der Waals surface area contributed by atoms with E-state index < -0.39 is 0 Å². The van der Waals surface area contributed by atoms with Gasteiger partial charge in [0.15, 0.2) is 0 Å². The van der Waals surface area contributed by atoms with Gasteiger partial charge in [-0.3, -0.25) is 0 Å². The summed E-state index contributed by atoms with van der Waals surface area (Å²) in [5.74, 6) is 1.53. The lowest BCUT2D eigenvalue weighted by atomic mass is 9.74. The molecule has 0 spiro atoms. The molecule has 0 saturated heterocycles. The molecular weight excluding hydrogens is 248 g/mol. The van der Waals surface area contributed by atoms with E-state index >= 15 is 0 Å². The van der Waals surface area contributed by atoms with Crippen molar-refractivity contribution in [3.63, 3.8) is 0 Å². The average molecular weight is 270 g/mol. The van der Waals surface area contributed by atoms with Crippen LogP contribution in [0.15, 0.2) is 52.2 Å². The zero-order valence-corrected chi connectivity index (χ0v) is 12.0. The molecule has 3 unspecified atom stereocenters. The van der Waals surface area contributed by atoms with Gasteiger partial charge in [-0.1, -0.05) is 50.3 Å². The predicted molar refractivity (Wildman–Crippen MR) is 84.5 cm³/mol. The molecular formula is C16H22N4. The van der Waals surface area contributed by atoms with Crippen molar-refractivity contribution in [2.45, 2.75) is 26.2 Å². The maximum atomic E-state index is 5.30. The largest absolute Gasteiger partial charge is 0.369 e. The number of benzene rings is 1. The van der Waals surface area contributed by atoms with Crippen molar-refractivity contribution in [2.75, 3.05) is 0 Å². The van der Waals surface area contributed by atoms with Crippen LogP contribution in [0.1, 0.15) is 31.7 Å². The minimum Gasteiger partial charge on any atom is -0.369 e. The molecule has 0 radical (unpaired) electrons. The van der Waals surface area contributed by atoms with E-state index in [0.717, 1.165) is 6.42 Å². The van der Waals surface area contributed by atoms with Gasteiger partial charge in [0.2, 0.25) is 5.96 Å². The molecule has 3 atom stereocenters. The highest BCUT2D eigenvalue weighted by Crippen LogP contribution is 2.38. The van der Waals surface area contributed by atoms with Crippen molar-refractivity contribution >= 4 is 12.2 Å². The molecule has 2 rings (SSSR count). The number of hydrogen-bond donors (Lipinski definition) is 2. The fraction of sp³-hybridized carbons (Fsp3) is 0.375. The van der Waals surface area contributed by atoms with Crippen LogP contribution in [0.5, 0.6) is 0 Å². The van der Waals surface area contributed by atoms with Gasteiger partial charge in [-0.2, -0.15) is 5.10 Å². The molecule has 4 heteroatoms. The van der Waals surface area contributed by atoms with Crippen molar-refractivity contribution in [1.29, 1.82) is 0 Å². The van der Waals surface area contributed by atoms with Gasteiger partial charge in [0, 0.05) is 5.92 Å². The molecule has 0 aromatic heterocycles. The summed E-state index contributed by atoms with van der Waals surface area (Å²) in [7, 11) is 0. The summed E-state index contributed by atoms with van der Waals surface area (Å²) in [5.41, 5.74) is 13.1. The predicted octanol–water partition coefficient (Wildman–Crippen LogP) is 2.63. The van der Waals surface area contributed by atoms with E-state index in [9.17, 15) is 0 Å². The monoisotopic (exact) mass is 270 g/mol. The van der Waals surface area contributed by atoms with Crippen LogP contribution in [0, 0.1) is 11.8 Å². The standard InChI is InChI=1S/C16H22N4/c1-11-8-14(10-19-20-16(17)18)15(9-12(11)2)13-6-4-3-5-7-13/h3-8,10-12,15H,9H2,1-2H3,(H4,17,18,20)/b19-10+. The molecule has 0 saturated carbocycles. The Bertz CT molecular complexity index is 527. The molecule has 0 amide bonds. The molecule has 20 heavy (non-hydrogen) atoms. The number of hydrogen-bond acceptors (Lipinski definition) is 2. The number of nitrogens with two attached hydrogens (primary N) is 2. The fourth-order valence-corrected chi connectivity index (χ4v) is 2.62. The van der Waals surface area contributed by atoms with Gasteiger partial charge in [-0.15, -0.1) is 5.10 Å². The van der Waals surface area contributed by atoms with E-state index in [4.69, 9.17) is 11.5 Å². The van der Waals surface area contributed by atoms with E-state index in [1.165, 1.54) is 11.1 Å². The Morgan fingerprint density at radius 2 is 1.90 bits per heavy atom. The Kier molecular flexibility index (Phi) is 4.56. The van der Waals surface area contributed by atoms with Gasteiger partial charge in [-0.05, 0) is 29.4 Å². The number of guanidine groups is 1. The van der Waals surface area contributed by atoms with Crippen LogP contribution < -0.4 is 11.5 Å². The van der Waals surface area contributed by atoms with Crippen molar-refractivity contribution in [3.8, 4) is 0 Å². The Morgan fingerprint density at radius 1 is 1.20 bits per heavy atom. The Balaban J connectivity index is 2.30. The topological polar surface area (TPSA) is 76.8 Å². The molecule has 0 fully saturated rings. The van der Waals surface area contributed by atoms with Gasteiger partial charge in [0.25, 0.3) is 0 Å². The molecule has 1 aliphatic rings. The van der Waals surface area contributed by atoms with Crippen molar-refractivity contribution in [2.24, 2.45) is 33.5 Å². The van der Waals surface area contributed by atoms with Crippen LogP contribution in [0.2, 0.25) is 0 Å². The average Bonchev–Trinajstić information content (AvgIpc) is 2.43. The first-order valence-electron chi connectivity index (χ1n) is 6.96. The van der Waals surface area contributed by atoms with Gasteiger partial charge in [-0.25, -0.2) is 0 Å². The highest BCUT2D eigenvalue weighted by Gasteiger charge is 2.26. The zero-order valence-electron chi connectivity index (χ0n) is 12.0. The summed E-state index contributed by atoms with van der Waals surface area (Å²) in [6.45, 7) is 4.53. The minimum absolute atomic E-state index is 0.0182. The summed E-state index contributed by atoms with van der Waals surface area (Å²) < 4.78 is 0. The lowest BCUT2D eigenvalue weighted by molar-refractivity contribution is 0.385. The Labute approximate surface area is 120 Å². The quantitative estimate of drug-likeness (QED) is 0.503. The van der Waals surface area contributed by atoms with Gasteiger partial charge in [0.05, 0.1) is 6.21 Å². The second kappa shape index (κ2) is 6.37. The van der Waals surface area contributed by atoms with Crippen LogP contribution in [-0.2, 0) is 0 Å². The molecule has 1 aromatic carbocycles. The highest BCUT2D eigenvalue weighted by atomic mass is 15.3. The summed E-state index contributed by atoms with van der Waals surface area (Å²) >= 11 is 0. The van der Waals surface area contributed by atoms with E-state index in [1.54, 1.807) is 6.21 Å². The maximum Gasteiger partial charge on any atom is 0.211 e. The summed E-state index contributed by atoms with van der Waals surface area (Å²) in [6, 6.07) is 10.5. The lowest BCUT2D eigenvalue weighted by Gasteiger charge is -2.31. The zero-order chi connectivity index (χ0) is 14.5. The molecule has 1 aliphatic carbocycles. The van der Waals surface area contributed by atoms with Crippen LogP contribution in [-0.4, -0.2) is 12.2 Å². The third kappa shape index (κ3) is 3.47. The number of rotatable bonds is 3. The normalized spacial score (nSPS) is 26.3. The van der Waals surface area contributed by atoms with Crippen LogP contribution in [0.25, 0.3) is 0 Å². The van der Waals surface area contributed by atoms with Crippen molar-refractivity contribution in [3.05, 3.63) is 47.5 Å². The Hall–Kier alpha value is -2.10. The van der Waals surface area contributed by atoms with E-state index in [2.05, 4.69) is 54.4 Å². The second-order valence-electron chi connectivity index (χ2n) is 5.47.